The number of esters is 1. The maximum atomic E-state index is 13.0. The Morgan fingerprint density at radius 3 is 2.67 bits per heavy atom. The van der Waals surface area contributed by atoms with Gasteiger partial charge >= 0.3 is 12.1 Å². The van der Waals surface area contributed by atoms with Gasteiger partial charge < -0.3 is 14.7 Å². The Bertz CT molecular complexity index is 931. The summed E-state index contributed by atoms with van der Waals surface area (Å²) in [5.41, 5.74) is -0.632. The van der Waals surface area contributed by atoms with Crippen LogP contribution in [0, 0.1) is 5.92 Å². The molecule has 0 saturated carbocycles. The molecule has 2 aliphatic rings. The zero-order valence-electron chi connectivity index (χ0n) is 16.3. The highest BCUT2D eigenvalue weighted by Gasteiger charge is 2.53. The number of carbonyl (C=O) groups is 1. The Balaban J connectivity index is 1.70. The van der Waals surface area contributed by atoms with E-state index >= 15 is 0 Å². The molecule has 1 N–H and O–H groups in total. The highest BCUT2D eigenvalue weighted by molar-refractivity contribution is 7.99. The lowest BCUT2D eigenvalue weighted by atomic mass is 9.95. The topological polar surface area (TPSA) is 93.4 Å². The SMILES string of the molecule is CCOC(=O)C1(n2cnc3c(N4CCC(C(F)(F)F)CC4)ncnc32)CSCC1O. The Morgan fingerprint density at radius 2 is 2.07 bits per heavy atom. The van der Waals surface area contributed by atoms with Crippen molar-refractivity contribution >= 4 is 34.7 Å². The molecule has 2 aliphatic heterocycles. The van der Waals surface area contributed by atoms with Crippen LogP contribution in [-0.2, 0) is 15.1 Å². The van der Waals surface area contributed by atoms with Gasteiger partial charge in [0.25, 0.3) is 0 Å². The van der Waals surface area contributed by atoms with Crippen LogP contribution in [0.1, 0.15) is 19.8 Å². The molecule has 12 heteroatoms. The summed E-state index contributed by atoms with van der Waals surface area (Å²) in [5, 5.41) is 10.7. The summed E-state index contributed by atoms with van der Waals surface area (Å²) < 4.78 is 45.7. The number of fused-ring (bicyclic) bond motifs is 1. The monoisotopic (exact) mass is 445 g/mol. The fourth-order valence-electron chi connectivity index (χ4n) is 4.10. The molecule has 0 spiro atoms. The fraction of sp³-hybridized carbons (Fsp3) is 0.667. The standard InChI is InChI=1S/C18H22F3N5O3S/c1-2-29-16(28)17(8-30-7-12(17)27)26-10-24-13-14(22-9-23-15(13)26)25-5-3-11(4-6-25)18(19,20)21/h9-12,27H,2-8H2,1H3. The molecule has 2 saturated heterocycles. The first-order chi connectivity index (χ1) is 14.3. The molecule has 2 atom stereocenters. The van der Waals surface area contributed by atoms with Crippen LogP contribution in [0.4, 0.5) is 19.0 Å². The number of alkyl halides is 3. The van der Waals surface area contributed by atoms with Crippen molar-refractivity contribution in [2.24, 2.45) is 5.92 Å². The lowest BCUT2D eigenvalue weighted by molar-refractivity contribution is -0.179. The normalized spacial score (nSPS) is 25.8. The molecule has 4 rings (SSSR count). The van der Waals surface area contributed by atoms with Crippen LogP contribution in [-0.4, -0.2) is 74.1 Å². The average molecular weight is 445 g/mol. The number of anilines is 1. The molecule has 0 amide bonds. The van der Waals surface area contributed by atoms with Crippen molar-refractivity contribution < 1.29 is 27.8 Å². The highest BCUT2D eigenvalue weighted by atomic mass is 32.2. The molecular formula is C18H22F3N5O3S. The minimum Gasteiger partial charge on any atom is -0.464 e. The van der Waals surface area contributed by atoms with Gasteiger partial charge in [-0.25, -0.2) is 19.7 Å². The van der Waals surface area contributed by atoms with Crippen LogP contribution in [0.15, 0.2) is 12.7 Å². The van der Waals surface area contributed by atoms with E-state index in [1.807, 2.05) is 0 Å². The van der Waals surface area contributed by atoms with Gasteiger partial charge in [-0.3, -0.25) is 4.57 Å². The van der Waals surface area contributed by atoms with E-state index in [9.17, 15) is 23.1 Å². The molecule has 2 aromatic heterocycles. The van der Waals surface area contributed by atoms with E-state index in [-0.39, 0.29) is 32.5 Å². The van der Waals surface area contributed by atoms with Crippen molar-refractivity contribution in [1.82, 2.24) is 19.5 Å². The van der Waals surface area contributed by atoms with Gasteiger partial charge in [-0.1, -0.05) is 0 Å². The summed E-state index contributed by atoms with van der Waals surface area (Å²) in [6, 6.07) is 0. The van der Waals surface area contributed by atoms with Gasteiger partial charge in [0.05, 0.1) is 25.0 Å². The number of aliphatic hydroxyl groups is 1. The number of thioether (sulfide) groups is 1. The van der Waals surface area contributed by atoms with Crippen LogP contribution < -0.4 is 4.90 Å². The number of nitrogens with zero attached hydrogens (tertiary/aromatic N) is 5. The van der Waals surface area contributed by atoms with Crippen LogP contribution >= 0.6 is 11.8 Å². The van der Waals surface area contributed by atoms with Crippen molar-refractivity contribution in [2.75, 3.05) is 36.1 Å². The number of imidazole rings is 1. The number of aromatic nitrogens is 4. The Kier molecular flexibility index (Phi) is 5.56. The second-order valence-electron chi connectivity index (χ2n) is 7.46. The number of ether oxygens (including phenoxy) is 1. The van der Waals surface area contributed by atoms with Crippen LogP contribution in [0.2, 0.25) is 0 Å². The molecule has 0 bridgehead atoms. The minimum absolute atomic E-state index is 0.0160. The maximum Gasteiger partial charge on any atom is 0.391 e. The molecule has 0 aromatic carbocycles. The van der Waals surface area contributed by atoms with Gasteiger partial charge in [-0.15, -0.1) is 0 Å². The number of carbonyl (C=O) groups excluding carboxylic acids is 1. The molecular weight excluding hydrogens is 423 g/mol. The summed E-state index contributed by atoms with van der Waals surface area (Å²) in [7, 11) is 0. The van der Waals surface area contributed by atoms with E-state index in [2.05, 4.69) is 15.0 Å². The summed E-state index contributed by atoms with van der Waals surface area (Å²) in [6.07, 6.45) is -2.48. The Hall–Kier alpha value is -2.08. The van der Waals surface area contributed by atoms with Crippen molar-refractivity contribution in [3.8, 4) is 0 Å². The predicted molar refractivity (Wildman–Crippen MR) is 104 cm³/mol. The van der Waals surface area contributed by atoms with Crippen molar-refractivity contribution in [3.63, 3.8) is 0 Å². The number of piperidine rings is 1. The molecule has 4 heterocycles. The maximum absolute atomic E-state index is 13.0. The van der Waals surface area contributed by atoms with Crippen LogP contribution in [0.25, 0.3) is 11.2 Å². The number of rotatable bonds is 4. The third-order valence-electron chi connectivity index (χ3n) is 5.78. The van der Waals surface area contributed by atoms with E-state index in [0.29, 0.717) is 28.5 Å². The van der Waals surface area contributed by atoms with Crippen LogP contribution in [0.3, 0.4) is 0 Å². The number of aliphatic hydroxyl groups excluding tert-OH is 1. The zero-order chi connectivity index (χ0) is 21.5. The molecule has 2 fully saturated rings. The molecule has 2 aromatic rings. The Morgan fingerprint density at radius 1 is 1.33 bits per heavy atom. The summed E-state index contributed by atoms with van der Waals surface area (Å²) in [5.74, 6) is -0.788. The molecule has 2 unspecified atom stereocenters. The van der Waals surface area contributed by atoms with Crippen molar-refractivity contribution in [3.05, 3.63) is 12.7 Å². The van der Waals surface area contributed by atoms with Gasteiger partial charge in [0, 0.05) is 24.6 Å². The molecule has 164 valence electrons. The largest absolute Gasteiger partial charge is 0.464 e. The first-order valence-corrected chi connectivity index (χ1v) is 10.9. The third kappa shape index (κ3) is 3.39. The number of hydrogen-bond donors (Lipinski definition) is 1. The summed E-state index contributed by atoms with van der Waals surface area (Å²) in [6.45, 7) is 2.26. The van der Waals surface area contributed by atoms with E-state index in [0.717, 1.165) is 0 Å². The first-order valence-electron chi connectivity index (χ1n) is 9.72. The second-order valence-corrected chi connectivity index (χ2v) is 8.49. The second kappa shape index (κ2) is 7.88. The van der Waals surface area contributed by atoms with Gasteiger partial charge in [0.2, 0.25) is 0 Å². The third-order valence-corrected chi connectivity index (χ3v) is 6.98. The van der Waals surface area contributed by atoms with E-state index in [4.69, 9.17) is 4.74 Å². The lowest BCUT2D eigenvalue weighted by Crippen LogP contribution is -2.51. The summed E-state index contributed by atoms with van der Waals surface area (Å²) in [4.78, 5) is 27.5. The number of halogens is 3. The molecule has 0 aliphatic carbocycles. The lowest BCUT2D eigenvalue weighted by Gasteiger charge is -2.33. The van der Waals surface area contributed by atoms with Gasteiger partial charge in [0.1, 0.15) is 6.33 Å². The molecule has 30 heavy (non-hydrogen) atoms. The number of hydrogen-bond acceptors (Lipinski definition) is 8. The van der Waals surface area contributed by atoms with Crippen molar-refractivity contribution in [2.45, 2.75) is 37.6 Å². The van der Waals surface area contributed by atoms with Gasteiger partial charge in [0.15, 0.2) is 22.5 Å². The highest BCUT2D eigenvalue weighted by Crippen LogP contribution is 2.40. The van der Waals surface area contributed by atoms with Crippen molar-refractivity contribution in [1.29, 1.82) is 0 Å². The fourth-order valence-corrected chi connectivity index (χ4v) is 5.48. The predicted octanol–water partition coefficient (Wildman–Crippen LogP) is 1.97. The molecule has 8 nitrogen and oxygen atoms in total. The van der Waals surface area contributed by atoms with E-state index < -0.39 is 29.7 Å². The summed E-state index contributed by atoms with van der Waals surface area (Å²) >= 11 is 1.43. The first kappa shape index (κ1) is 21.2. The van der Waals surface area contributed by atoms with E-state index in [1.54, 1.807) is 11.8 Å². The quantitative estimate of drug-likeness (QED) is 0.714. The average Bonchev–Trinajstić information content (AvgIpc) is 3.31. The van der Waals surface area contributed by atoms with Gasteiger partial charge in [-0.2, -0.15) is 24.9 Å². The van der Waals surface area contributed by atoms with E-state index in [1.165, 1.54) is 29.0 Å². The zero-order valence-corrected chi connectivity index (χ0v) is 17.1. The molecule has 0 radical (unpaired) electrons. The minimum atomic E-state index is -4.20. The Labute approximate surface area is 174 Å². The van der Waals surface area contributed by atoms with Gasteiger partial charge in [-0.05, 0) is 19.8 Å². The van der Waals surface area contributed by atoms with Crippen LogP contribution in [0.5, 0.6) is 0 Å². The smallest absolute Gasteiger partial charge is 0.391 e.